The maximum atomic E-state index is 13.9. The van der Waals surface area contributed by atoms with E-state index in [1.807, 2.05) is 13.1 Å². The second-order valence-corrected chi connectivity index (χ2v) is 4.91. The van der Waals surface area contributed by atoms with Gasteiger partial charge in [0.25, 0.3) is 0 Å². The Morgan fingerprint density at radius 2 is 2.06 bits per heavy atom. The van der Waals surface area contributed by atoms with Crippen molar-refractivity contribution in [2.45, 2.75) is 39.3 Å². The third-order valence-electron chi connectivity index (χ3n) is 3.51. The van der Waals surface area contributed by atoms with E-state index in [1.165, 1.54) is 6.07 Å². The van der Waals surface area contributed by atoms with Crippen LogP contribution in [-0.2, 0) is 6.54 Å². The van der Waals surface area contributed by atoms with Gasteiger partial charge in [0.15, 0.2) is 0 Å². The summed E-state index contributed by atoms with van der Waals surface area (Å²) in [5.74, 6) is -0.395. The molecule has 0 aromatic heterocycles. The van der Waals surface area contributed by atoms with Gasteiger partial charge in [-0.2, -0.15) is 5.26 Å². The van der Waals surface area contributed by atoms with Crippen LogP contribution in [0.3, 0.4) is 0 Å². The highest BCUT2D eigenvalue weighted by Gasteiger charge is 2.22. The highest BCUT2D eigenvalue weighted by molar-refractivity contribution is 5.34. The fraction of sp³-hybridized carbons (Fsp3) is 0.500. The monoisotopic (exact) mass is 234 g/mol. The molecule has 0 atom stereocenters. The Bertz CT molecular complexity index is 432. The zero-order chi connectivity index (χ0) is 13.1. The molecule has 0 fully saturated rings. The molecule has 17 heavy (non-hydrogen) atoms. The minimum atomic E-state index is -0.395. The van der Waals surface area contributed by atoms with E-state index in [9.17, 15) is 4.39 Å². The first kappa shape index (κ1) is 13.7. The van der Waals surface area contributed by atoms with Gasteiger partial charge in [-0.05, 0) is 33.4 Å². The summed E-state index contributed by atoms with van der Waals surface area (Å²) in [5.41, 5.74) is 0.716. The third kappa shape index (κ3) is 3.04. The number of nitrogens with zero attached hydrogens (tertiary/aromatic N) is 2. The van der Waals surface area contributed by atoms with Gasteiger partial charge in [-0.25, -0.2) is 4.39 Å². The van der Waals surface area contributed by atoms with Crippen LogP contribution >= 0.6 is 0 Å². The van der Waals surface area contributed by atoms with Gasteiger partial charge in [0, 0.05) is 17.6 Å². The zero-order valence-electron chi connectivity index (χ0n) is 10.9. The van der Waals surface area contributed by atoms with Crippen LogP contribution in [0.15, 0.2) is 18.2 Å². The number of benzene rings is 1. The highest BCUT2D eigenvalue weighted by Crippen LogP contribution is 2.21. The van der Waals surface area contributed by atoms with Crippen LogP contribution in [0.25, 0.3) is 0 Å². The predicted molar refractivity (Wildman–Crippen MR) is 67.0 cm³/mol. The van der Waals surface area contributed by atoms with E-state index in [1.54, 1.807) is 12.1 Å². The Morgan fingerprint density at radius 3 is 2.59 bits per heavy atom. The fourth-order valence-corrected chi connectivity index (χ4v) is 1.53. The Morgan fingerprint density at radius 1 is 1.41 bits per heavy atom. The second kappa shape index (κ2) is 5.29. The quantitative estimate of drug-likeness (QED) is 0.799. The average Bonchev–Trinajstić information content (AvgIpc) is 2.31. The maximum absolute atomic E-state index is 13.9. The Hall–Kier alpha value is -1.40. The molecule has 0 unspecified atom stereocenters. The van der Waals surface area contributed by atoms with Crippen LogP contribution in [0.2, 0.25) is 0 Å². The molecule has 0 aliphatic rings. The summed E-state index contributed by atoms with van der Waals surface area (Å²) in [6.45, 7) is 6.87. The standard InChI is InChI=1S/C14H19FN2/c1-5-14(2,3)17(4)10-12-8-6-7-11(9-16)13(12)15/h6-8H,5,10H2,1-4H3. The van der Waals surface area contributed by atoms with Crippen LogP contribution in [0.1, 0.15) is 38.3 Å². The van der Waals surface area contributed by atoms with E-state index >= 15 is 0 Å². The number of halogens is 1. The molecule has 0 saturated heterocycles. The van der Waals surface area contributed by atoms with E-state index in [4.69, 9.17) is 5.26 Å². The molecule has 0 aliphatic carbocycles. The van der Waals surface area contributed by atoms with Crippen LogP contribution in [0.4, 0.5) is 4.39 Å². The molecular formula is C14H19FN2. The predicted octanol–water partition coefficient (Wildman–Crippen LogP) is 3.32. The third-order valence-corrected chi connectivity index (χ3v) is 3.51. The van der Waals surface area contributed by atoms with Crippen molar-refractivity contribution in [1.29, 1.82) is 5.26 Å². The summed E-state index contributed by atoms with van der Waals surface area (Å²) in [4.78, 5) is 2.10. The normalized spacial score (nSPS) is 11.6. The molecule has 3 heteroatoms. The van der Waals surface area contributed by atoms with Crippen LogP contribution in [0, 0.1) is 17.1 Å². The minimum absolute atomic E-state index is 0.0229. The van der Waals surface area contributed by atoms with E-state index in [2.05, 4.69) is 25.7 Å². The smallest absolute Gasteiger partial charge is 0.145 e. The number of hydrogen-bond acceptors (Lipinski definition) is 2. The molecule has 0 saturated carbocycles. The van der Waals surface area contributed by atoms with Crippen LogP contribution in [0.5, 0.6) is 0 Å². The lowest BCUT2D eigenvalue weighted by atomic mass is 9.99. The molecule has 0 amide bonds. The molecule has 92 valence electrons. The molecule has 2 nitrogen and oxygen atoms in total. The van der Waals surface area contributed by atoms with Crippen LogP contribution < -0.4 is 0 Å². The fourth-order valence-electron chi connectivity index (χ4n) is 1.53. The first-order chi connectivity index (χ1) is 7.92. The van der Waals surface area contributed by atoms with Gasteiger partial charge in [0.2, 0.25) is 0 Å². The van der Waals surface area contributed by atoms with E-state index < -0.39 is 5.82 Å². The van der Waals surface area contributed by atoms with Crippen LogP contribution in [-0.4, -0.2) is 17.5 Å². The molecule has 1 aromatic rings. The van der Waals surface area contributed by atoms with E-state index in [0.717, 1.165) is 6.42 Å². The molecule has 1 rings (SSSR count). The summed E-state index contributed by atoms with van der Waals surface area (Å²) in [6, 6.07) is 6.83. The molecule has 1 aromatic carbocycles. The van der Waals surface area contributed by atoms with Gasteiger partial charge in [-0.3, -0.25) is 4.90 Å². The first-order valence-electron chi connectivity index (χ1n) is 5.81. The van der Waals surface area contributed by atoms with Crippen molar-refractivity contribution in [1.82, 2.24) is 4.90 Å². The van der Waals surface area contributed by atoms with E-state index in [-0.39, 0.29) is 11.1 Å². The van der Waals surface area contributed by atoms with Crippen molar-refractivity contribution in [3.63, 3.8) is 0 Å². The Balaban J connectivity index is 2.94. The lowest BCUT2D eigenvalue weighted by Gasteiger charge is -2.34. The van der Waals surface area contributed by atoms with Crippen molar-refractivity contribution in [3.05, 3.63) is 35.1 Å². The lowest BCUT2D eigenvalue weighted by Crippen LogP contribution is -2.40. The van der Waals surface area contributed by atoms with Crippen molar-refractivity contribution >= 4 is 0 Å². The Labute approximate surface area is 103 Å². The van der Waals surface area contributed by atoms with Gasteiger partial charge >= 0.3 is 0 Å². The first-order valence-corrected chi connectivity index (χ1v) is 5.81. The van der Waals surface area contributed by atoms with Gasteiger partial charge < -0.3 is 0 Å². The molecule has 0 heterocycles. The highest BCUT2D eigenvalue weighted by atomic mass is 19.1. The average molecular weight is 234 g/mol. The molecule has 0 N–H and O–H groups in total. The molecule has 0 bridgehead atoms. The number of nitriles is 1. The molecule has 0 spiro atoms. The lowest BCUT2D eigenvalue weighted by molar-refractivity contribution is 0.141. The molecule has 0 aliphatic heterocycles. The number of rotatable bonds is 4. The second-order valence-electron chi connectivity index (χ2n) is 4.91. The van der Waals surface area contributed by atoms with Gasteiger partial charge in [-0.15, -0.1) is 0 Å². The maximum Gasteiger partial charge on any atom is 0.145 e. The van der Waals surface area contributed by atoms with Crippen molar-refractivity contribution in [2.24, 2.45) is 0 Å². The molecule has 0 radical (unpaired) electrons. The summed E-state index contributed by atoms with van der Waals surface area (Å²) in [7, 11) is 1.97. The van der Waals surface area contributed by atoms with Gasteiger partial charge in [0.05, 0.1) is 5.56 Å². The topological polar surface area (TPSA) is 27.0 Å². The summed E-state index contributed by atoms with van der Waals surface area (Å²) < 4.78 is 13.9. The summed E-state index contributed by atoms with van der Waals surface area (Å²) in [5, 5.41) is 8.78. The summed E-state index contributed by atoms with van der Waals surface area (Å²) in [6.07, 6.45) is 0.989. The zero-order valence-corrected chi connectivity index (χ0v) is 10.9. The number of hydrogen-bond donors (Lipinski definition) is 0. The Kier molecular flexibility index (Phi) is 4.25. The van der Waals surface area contributed by atoms with Crippen molar-refractivity contribution in [3.8, 4) is 6.07 Å². The van der Waals surface area contributed by atoms with Gasteiger partial charge in [0.1, 0.15) is 11.9 Å². The largest absolute Gasteiger partial charge is 0.297 e. The van der Waals surface area contributed by atoms with Crippen molar-refractivity contribution < 1.29 is 4.39 Å². The summed E-state index contributed by atoms with van der Waals surface area (Å²) >= 11 is 0. The van der Waals surface area contributed by atoms with Gasteiger partial charge in [-0.1, -0.05) is 19.1 Å². The SMILES string of the molecule is CCC(C)(C)N(C)Cc1cccc(C#N)c1F. The molecular weight excluding hydrogens is 215 g/mol. The minimum Gasteiger partial charge on any atom is -0.297 e. The van der Waals surface area contributed by atoms with Crippen molar-refractivity contribution in [2.75, 3.05) is 7.05 Å². The van der Waals surface area contributed by atoms with E-state index in [0.29, 0.717) is 12.1 Å².